The Balaban J connectivity index is 1.88. The highest BCUT2D eigenvalue weighted by Crippen LogP contribution is 2.24. The smallest absolute Gasteiger partial charge is 0.226 e. The molecular formula is C16H22N4. The van der Waals surface area contributed by atoms with Crippen LogP contribution in [0.5, 0.6) is 0 Å². The highest BCUT2D eigenvalue weighted by Gasteiger charge is 2.19. The molecule has 0 atom stereocenters. The Hall–Kier alpha value is -1.68. The number of piperazine rings is 1. The lowest BCUT2D eigenvalue weighted by molar-refractivity contribution is 0.311. The van der Waals surface area contributed by atoms with Crippen molar-refractivity contribution < 1.29 is 0 Å². The Labute approximate surface area is 120 Å². The van der Waals surface area contributed by atoms with E-state index in [1.54, 1.807) is 0 Å². The van der Waals surface area contributed by atoms with Crippen molar-refractivity contribution in [1.82, 2.24) is 14.9 Å². The predicted molar refractivity (Wildman–Crippen MR) is 82.4 cm³/mol. The molecule has 20 heavy (non-hydrogen) atoms. The summed E-state index contributed by atoms with van der Waals surface area (Å²) in [6.07, 6.45) is 2.26. The van der Waals surface area contributed by atoms with Gasteiger partial charge in [0.05, 0.1) is 11.4 Å². The molecule has 0 radical (unpaired) electrons. The Kier molecular flexibility index (Phi) is 3.83. The van der Waals surface area contributed by atoms with Gasteiger partial charge >= 0.3 is 0 Å². The minimum Gasteiger partial charge on any atom is -0.338 e. The normalized spacial score (nSPS) is 16.8. The lowest BCUT2D eigenvalue weighted by atomic mass is 10.1. The van der Waals surface area contributed by atoms with E-state index in [1.807, 2.05) is 0 Å². The molecule has 3 aliphatic rings. The van der Waals surface area contributed by atoms with Crippen LogP contribution >= 0.6 is 0 Å². The number of fused-ring (bicyclic) bond motifs is 1. The van der Waals surface area contributed by atoms with Crippen LogP contribution < -0.4 is 4.90 Å². The number of hydrogen-bond acceptors (Lipinski definition) is 4. The first-order valence-corrected chi connectivity index (χ1v) is 7.46. The average molecular weight is 270 g/mol. The van der Waals surface area contributed by atoms with E-state index in [1.165, 1.54) is 5.56 Å². The summed E-state index contributed by atoms with van der Waals surface area (Å²) in [5.74, 6) is 0.891. The van der Waals surface area contributed by atoms with Crippen molar-refractivity contribution in [2.45, 2.75) is 19.8 Å². The van der Waals surface area contributed by atoms with E-state index in [0.717, 1.165) is 56.4 Å². The van der Waals surface area contributed by atoms with Crippen LogP contribution in [0.1, 0.15) is 18.9 Å². The van der Waals surface area contributed by atoms with Gasteiger partial charge in [-0.1, -0.05) is 25.5 Å². The summed E-state index contributed by atoms with van der Waals surface area (Å²) in [5, 5.41) is 0. The van der Waals surface area contributed by atoms with Gasteiger partial charge < -0.3 is 9.80 Å². The molecule has 0 aromatic heterocycles. The number of likely N-dealkylation sites (N-methyl/N-ethyl adjacent to an activating group) is 1. The zero-order valence-electron chi connectivity index (χ0n) is 12.3. The molecule has 0 amide bonds. The molecular weight excluding hydrogens is 248 g/mol. The SMILES string of the molecule is CCCc1cccc2nc(N3CCN(C)CC3)nc-2c1. The second-order valence-corrected chi connectivity index (χ2v) is 5.58. The van der Waals surface area contributed by atoms with Crippen molar-refractivity contribution in [3.63, 3.8) is 0 Å². The van der Waals surface area contributed by atoms with Crippen molar-refractivity contribution in [2.75, 3.05) is 38.1 Å². The molecule has 4 heteroatoms. The fourth-order valence-corrected chi connectivity index (χ4v) is 2.66. The third-order valence-corrected chi connectivity index (χ3v) is 3.91. The van der Waals surface area contributed by atoms with Gasteiger partial charge in [-0.3, -0.25) is 0 Å². The molecule has 0 aromatic rings. The molecule has 1 aliphatic carbocycles. The average Bonchev–Trinajstić information content (AvgIpc) is 2.74. The maximum atomic E-state index is 4.74. The molecule has 0 spiro atoms. The van der Waals surface area contributed by atoms with E-state index in [0.29, 0.717) is 0 Å². The highest BCUT2D eigenvalue weighted by molar-refractivity contribution is 5.61. The van der Waals surface area contributed by atoms with Gasteiger partial charge in [0.15, 0.2) is 0 Å². The van der Waals surface area contributed by atoms with Gasteiger partial charge in [-0.15, -0.1) is 0 Å². The second kappa shape index (κ2) is 5.75. The molecule has 0 bridgehead atoms. The van der Waals surface area contributed by atoms with Gasteiger partial charge in [0, 0.05) is 26.2 Å². The van der Waals surface area contributed by atoms with E-state index < -0.39 is 0 Å². The third-order valence-electron chi connectivity index (χ3n) is 3.91. The molecule has 106 valence electrons. The van der Waals surface area contributed by atoms with Gasteiger partial charge in [0.1, 0.15) is 0 Å². The molecule has 3 rings (SSSR count). The maximum Gasteiger partial charge on any atom is 0.226 e. The number of rotatable bonds is 3. The molecule has 0 unspecified atom stereocenters. The molecule has 1 saturated heterocycles. The fraction of sp³-hybridized carbons (Fsp3) is 0.500. The predicted octanol–water partition coefficient (Wildman–Crippen LogP) is 2.29. The van der Waals surface area contributed by atoms with Crippen LogP contribution in [0.3, 0.4) is 0 Å². The van der Waals surface area contributed by atoms with Crippen LogP contribution in [0.2, 0.25) is 0 Å². The molecule has 1 fully saturated rings. The van der Waals surface area contributed by atoms with Crippen molar-refractivity contribution in [3.05, 3.63) is 29.8 Å². The summed E-state index contributed by atoms with van der Waals surface area (Å²) in [4.78, 5) is 14.1. The van der Waals surface area contributed by atoms with Crippen molar-refractivity contribution in [1.29, 1.82) is 0 Å². The lowest BCUT2D eigenvalue weighted by Gasteiger charge is -2.31. The van der Waals surface area contributed by atoms with Crippen molar-refractivity contribution >= 4 is 5.95 Å². The van der Waals surface area contributed by atoms with Gasteiger partial charge in [0.25, 0.3) is 0 Å². The summed E-state index contributed by atoms with van der Waals surface area (Å²) in [6, 6.07) is 8.52. The third kappa shape index (κ3) is 2.75. The fourth-order valence-electron chi connectivity index (χ4n) is 2.66. The summed E-state index contributed by atoms with van der Waals surface area (Å²) >= 11 is 0. The number of nitrogens with zero attached hydrogens (tertiary/aromatic N) is 4. The lowest BCUT2D eigenvalue weighted by Crippen LogP contribution is -2.44. The Morgan fingerprint density at radius 3 is 2.55 bits per heavy atom. The number of anilines is 1. The van der Waals surface area contributed by atoms with Gasteiger partial charge in [0.2, 0.25) is 5.95 Å². The van der Waals surface area contributed by atoms with Gasteiger partial charge in [-0.25, -0.2) is 9.97 Å². The van der Waals surface area contributed by atoms with Crippen LogP contribution in [-0.4, -0.2) is 48.1 Å². The quantitative estimate of drug-likeness (QED) is 0.856. The summed E-state index contributed by atoms with van der Waals surface area (Å²) < 4.78 is 0. The monoisotopic (exact) mass is 270 g/mol. The molecule has 2 heterocycles. The highest BCUT2D eigenvalue weighted by atomic mass is 15.3. The summed E-state index contributed by atoms with van der Waals surface area (Å²) in [6.45, 7) is 6.40. The maximum absolute atomic E-state index is 4.74. The molecule has 0 aromatic carbocycles. The van der Waals surface area contributed by atoms with Crippen LogP contribution in [0.15, 0.2) is 24.3 Å². The first-order valence-electron chi connectivity index (χ1n) is 7.46. The van der Waals surface area contributed by atoms with Crippen molar-refractivity contribution in [2.24, 2.45) is 0 Å². The summed E-state index contributed by atoms with van der Waals surface area (Å²) in [7, 11) is 2.16. The largest absolute Gasteiger partial charge is 0.338 e. The topological polar surface area (TPSA) is 32.3 Å². The van der Waals surface area contributed by atoms with E-state index in [9.17, 15) is 0 Å². The van der Waals surface area contributed by atoms with Crippen LogP contribution in [0.25, 0.3) is 11.4 Å². The van der Waals surface area contributed by atoms with Crippen LogP contribution in [0, 0.1) is 0 Å². The number of aromatic nitrogens is 2. The standard InChI is InChI=1S/C16H22N4/c1-3-5-13-6-4-7-14-15(12-13)18-16(17-14)20-10-8-19(2)9-11-20/h4,6-7,12H,3,5,8-11H2,1-2H3. The molecule has 0 saturated carbocycles. The number of aryl methyl sites for hydroxylation is 1. The first kappa shape index (κ1) is 13.3. The molecule has 4 nitrogen and oxygen atoms in total. The number of imidazole rings is 1. The van der Waals surface area contributed by atoms with Crippen molar-refractivity contribution in [3.8, 4) is 11.4 Å². The van der Waals surface area contributed by atoms with E-state index >= 15 is 0 Å². The van der Waals surface area contributed by atoms with Crippen LogP contribution in [-0.2, 0) is 6.42 Å². The summed E-state index contributed by atoms with van der Waals surface area (Å²) in [5.41, 5.74) is 3.36. The van der Waals surface area contributed by atoms with Gasteiger partial charge in [-0.05, 0) is 31.2 Å². The zero-order valence-corrected chi connectivity index (χ0v) is 12.3. The molecule has 0 N–H and O–H groups in total. The second-order valence-electron chi connectivity index (χ2n) is 5.58. The van der Waals surface area contributed by atoms with E-state index in [2.05, 4.69) is 48.0 Å². The van der Waals surface area contributed by atoms with Gasteiger partial charge in [-0.2, -0.15) is 0 Å². The Bertz CT molecular complexity index is 546. The van der Waals surface area contributed by atoms with E-state index in [-0.39, 0.29) is 0 Å². The minimum absolute atomic E-state index is 0.891. The first-order chi connectivity index (χ1) is 9.76. The Morgan fingerprint density at radius 1 is 1.05 bits per heavy atom. The Morgan fingerprint density at radius 2 is 1.80 bits per heavy atom. The molecule has 2 aliphatic heterocycles. The minimum atomic E-state index is 0.891. The van der Waals surface area contributed by atoms with E-state index in [4.69, 9.17) is 9.97 Å². The zero-order chi connectivity index (χ0) is 13.9. The van der Waals surface area contributed by atoms with Crippen LogP contribution in [0.4, 0.5) is 5.95 Å². The number of hydrogen-bond donors (Lipinski definition) is 0.